The molecule has 0 radical (unpaired) electrons. The van der Waals surface area contributed by atoms with Gasteiger partial charge in [0.1, 0.15) is 0 Å². The third kappa shape index (κ3) is 1.34. The van der Waals surface area contributed by atoms with Gasteiger partial charge in [-0.2, -0.15) is 0 Å². The third-order valence-corrected chi connectivity index (χ3v) is 4.75. The molecule has 1 spiro atoms. The van der Waals surface area contributed by atoms with Gasteiger partial charge in [0.15, 0.2) is 5.78 Å². The van der Waals surface area contributed by atoms with E-state index in [1.807, 2.05) is 30.3 Å². The molecule has 2 fully saturated rings. The Hall–Kier alpha value is -1.11. The van der Waals surface area contributed by atoms with Gasteiger partial charge in [-0.3, -0.25) is 4.79 Å². The maximum absolute atomic E-state index is 12.3. The van der Waals surface area contributed by atoms with Crippen molar-refractivity contribution in [1.29, 1.82) is 0 Å². The highest BCUT2D eigenvalue weighted by Crippen LogP contribution is 2.66. The number of hydrogen-bond acceptors (Lipinski definition) is 1. The molecule has 1 heteroatoms. The predicted molar refractivity (Wildman–Crippen MR) is 64.3 cm³/mol. The molecule has 0 saturated heterocycles. The Balaban J connectivity index is 1.80. The molecule has 0 heterocycles. The average molecular weight is 214 g/mol. The molecule has 0 amide bonds. The Labute approximate surface area is 96.9 Å². The summed E-state index contributed by atoms with van der Waals surface area (Å²) in [5.74, 6) is 1.46. The number of hydrogen-bond donors (Lipinski definition) is 0. The molecular weight excluding hydrogens is 196 g/mol. The summed E-state index contributed by atoms with van der Waals surface area (Å²) >= 11 is 0. The van der Waals surface area contributed by atoms with Crippen molar-refractivity contribution in [3.63, 3.8) is 0 Å². The monoisotopic (exact) mass is 214 g/mol. The van der Waals surface area contributed by atoms with Crippen LogP contribution in [-0.4, -0.2) is 5.78 Å². The molecule has 84 valence electrons. The molecule has 1 aromatic rings. The second-order valence-electron chi connectivity index (χ2n) is 5.51. The van der Waals surface area contributed by atoms with E-state index in [1.165, 1.54) is 19.3 Å². The molecule has 3 atom stereocenters. The Bertz CT molecular complexity index is 409. The lowest BCUT2D eigenvalue weighted by Gasteiger charge is -2.14. The first-order valence-corrected chi connectivity index (χ1v) is 6.33. The van der Waals surface area contributed by atoms with Crippen LogP contribution in [0.2, 0.25) is 0 Å². The first kappa shape index (κ1) is 10.1. The fraction of sp³-hybridized carbons (Fsp3) is 0.533. The molecule has 2 unspecified atom stereocenters. The zero-order valence-corrected chi connectivity index (χ0v) is 9.78. The predicted octanol–water partition coefficient (Wildman–Crippen LogP) is 3.70. The van der Waals surface area contributed by atoms with Crippen molar-refractivity contribution in [2.75, 3.05) is 0 Å². The van der Waals surface area contributed by atoms with E-state index in [2.05, 4.69) is 6.92 Å². The van der Waals surface area contributed by atoms with Crippen molar-refractivity contribution < 1.29 is 4.79 Å². The van der Waals surface area contributed by atoms with Crippen molar-refractivity contribution in [2.45, 2.75) is 32.6 Å². The number of carbonyl (C=O) groups excluding carboxylic acids is 1. The Kier molecular flexibility index (Phi) is 2.17. The summed E-state index contributed by atoms with van der Waals surface area (Å²) in [4.78, 5) is 12.3. The summed E-state index contributed by atoms with van der Waals surface area (Å²) in [6.45, 7) is 2.32. The summed E-state index contributed by atoms with van der Waals surface area (Å²) in [5, 5.41) is 0. The maximum atomic E-state index is 12.3. The molecule has 0 bridgehead atoms. The van der Waals surface area contributed by atoms with Gasteiger partial charge in [-0.1, -0.05) is 50.1 Å². The largest absolute Gasteiger partial charge is 0.294 e. The second-order valence-corrected chi connectivity index (χ2v) is 5.51. The molecule has 1 aromatic carbocycles. The lowest BCUT2D eigenvalue weighted by atomic mass is 9.89. The highest BCUT2D eigenvalue weighted by Gasteiger charge is 2.61. The first-order chi connectivity index (χ1) is 7.74. The summed E-state index contributed by atoms with van der Waals surface area (Å²) in [7, 11) is 0. The smallest absolute Gasteiger partial charge is 0.166 e. The third-order valence-electron chi connectivity index (χ3n) is 4.75. The van der Waals surface area contributed by atoms with E-state index < -0.39 is 0 Å². The van der Waals surface area contributed by atoms with Gasteiger partial charge < -0.3 is 0 Å². The van der Waals surface area contributed by atoms with Crippen molar-refractivity contribution in [3.8, 4) is 0 Å². The van der Waals surface area contributed by atoms with E-state index in [0.717, 1.165) is 17.9 Å². The molecule has 0 aromatic heterocycles. The van der Waals surface area contributed by atoms with Gasteiger partial charge >= 0.3 is 0 Å². The Morgan fingerprint density at radius 2 is 2.06 bits per heavy atom. The molecular formula is C15H18O. The number of carbonyl (C=O) groups is 1. The van der Waals surface area contributed by atoms with Crippen molar-refractivity contribution in [2.24, 2.45) is 17.3 Å². The van der Waals surface area contributed by atoms with Gasteiger partial charge in [-0.05, 0) is 24.2 Å². The fourth-order valence-corrected chi connectivity index (χ4v) is 3.57. The van der Waals surface area contributed by atoms with Crippen LogP contribution in [0.4, 0.5) is 0 Å². The van der Waals surface area contributed by atoms with E-state index in [1.54, 1.807) is 0 Å². The minimum atomic E-state index is 0.326. The highest BCUT2D eigenvalue weighted by atomic mass is 16.1. The van der Waals surface area contributed by atoms with Crippen molar-refractivity contribution in [3.05, 3.63) is 35.9 Å². The van der Waals surface area contributed by atoms with E-state index in [9.17, 15) is 4.79 Å². The lowest BCUT2D eigenvalue weighted by molar-refractivity contribution is 0.0941. The normalized spacial score (nSPS) is 36.6. The van der Waals surface area contributed by atoms with E-state index in [0.29, 0.717) is 17.1 Å². The summed E-state index contributed by atoms with van der Waals surface area (Å²) in [6.07, 6.45) is 5.05. The highest BCUT2D eigenvalue weighted by molar-refractivity contribution is 6.00. The SMILES string of the molecule is C[C@@H]1CCCC12CC2C(=O)c1ccccc1. The van der Waals surface area contributed by atoms with E-state index >= 15 is 0 Å². The van der Waals surface area contributed by atoms with Gasteiger partial charge in [0.25, 0.3) is 0 Å². The summed E-state index contributed by atoms with van der Waals surface area (Å²) < 4.78 is 0. The number of rotatable bonds is 2. The quantitative estimate of drug-likeness (QED) is 0.686. The van der Waals surface area contributed by atoms with Crippen LogP contribution < -0.4 is 0 Å². The van der Waals surface area contributed by atoms with Gasteiger partial charge in [0.2, 0.25) is 0 Å². The Morgan fingerprint density at radius 1 is 1.31 bits per heavy atom. The van der Waals surface area contributed by atoms with Crippen molar-refractivity contribution >= 4 is 5.78 Å². The van der Waals surface area contributed by atoms with Crippen LogP contribution in [-0.2, 0) is 0 Å². The molecule has 2 aliphatic rings. The fourth-order valence-electron chi connectivity index (χ4n) is 3.57. The van der Waals surface area contributed by atoms with Crippen LogP contribution >= 0.6 is 0 Å². The Morgan fingerprint density at radius 3 is 2.69 bits per heavy atom. The summed E-state index contributed by atoms with van der Waals surface area (Å²) in [5.41, 5.74) is 1.30. The van der Waals surface area contributed by atoms with Crippen LogP contribution in [0.15, 0.2) is 30.3 Å². The van der Waals surface area contributed by atoms with Crippen LogP contribution in [0.3, 0.4) is 0 Å². The van der Waals surface area contributed by atoms with E-state index in [-0.39, 0.29) is 0 Å². The number of benzene rings is 1. The van der Waals surface area contributed by atoms with Crippen LogP contribution in [0, 0.1) is 17.3 Å². The second kappa shape index (κ2) is 3.44. The topological polar surface area (TPSA) is 17.1 Å². The molecule has 0 N–H and O–H groups in total. The van der Waals surface area contributed by atoms with Gasteiger partial charge in [-0.25, -0.2) is 0 Å². The van der Waals surface area contributed by atoms with Crippen LogP contribution in [0.1, 0.15) is 43.0 Å². The zero-order valence-electron chi connectivity index (χ0n) is 9.78. The van der Waals surface area contributed by atoms with Crippen LogP contribution in [0.5, 0.6) is 0 Å². The molecule has 2 aliphatic carbocycles. The maximum Gasteiger partial charge on any atom is 0.166 e. The van der Waals surface area contributed by atoms with E-state index in [4.69, 9.17) is 0 Å². The van der Waals surface area contributed by atoms with Crippen LogP contribution in [0.25, 0.3) is 0 Å². The van der Waals surface area contributed by atoms with Crippen molar-refractivity contribution in [1.82, 2.24) is 0 Å². The molecule has 1 nitrogen and oxygen atoms in total. The minimum Gasteiger partial charge on any atom is -0.294 e. The molecule has 3 rings (SSSR count). The summed E-state index contributed by atoms with van der Waals surface area (Å²) in [6, 6.07) is 9.79. The minimum absolute atomic E-state index is 0.326. The molecule has 2 saturated carbocycles. The average Bonchev–Trinajstić information content (AvgIpc) is 2.94. The number of ketones is 1. The molecule has 0 aliphatic heterocycles. The number of Topliss-reactive ketones (excluding diaryl/α,β-unsaturated/α-hetero) is 1. The van der Waals surface area contributed by atoms with Gasteiger partial charge in [-0.15, -0.1) is 0 Å². The van der Waals surface area contributed by atoms with Gasteiger partial charge in [0.05, 0.1) is 0 Å². The molecule has 16 heavy (non-hydrogen) atoms. The lowest BCUT2D eigenvalue weighted by Crippen LogP contribution is -2.13. The van der Waals surface area contributed by atoms with Gasteiger partial charge in [0, 0.05) is 11.5 Å². The first-order valence-electron chi connectivity index (χ1n) is 6.33. The standard InChI is InChI=1S/C15H18O/c1-11-6-5-9-15(11)10-13(15)14(16)12-7-3-2-4-8-12/h2-4,7-8,11,13H,5-6,9-10H2,1H3/t11-,13?,15?/m1/s1. The zero-order chi connectivity index (χ0) is 11.2.